The van der Waals surface area contributed by atoms with E-state index in [1.165, 1.54) is 4.90 Å². The zero-order valence-corrected chi connectivity index (χ0v) is 11.1. The summed E-state index contributed by atoms with van der Waals surface area (Å²) < 4.78 is 0. The zero-order valence-electron chi connectivity index (χ0n) is 11.1. The van der Waals surface area contributed by atoms with Crippen molar-refractivity contribution < 1.29 is 29.7 Å². The van der Waals surface area contributed by atoms with Gasteiger partial charge in [0.2, 0.25) is 0 Å². The summed E-state index contributed by atoms with van der Waals surface area (Å²) in [6.45, 7) is -0.115. The molecule has 0 aromatic carbocycles. The van der Waals surface area contributed by atoms with Crippen molar-refractivity contribution in [2.75, 3.05) is 13.2 Å². The number of nitrogens with zero attached hydrogens (tertiary/aromatic N) is 1. The Morgan fingerprint density at radius 3 is 2.25 bits per heavy atom. The molecule has 8 nitrogen and oxygen atoms in total. The first-order valence-corrected chi connectivity index (χ1v) is 6.58. The van der Waals surface area contributed by atoms with Gasteiger partial charge in [-0.15, -0.1) is 0 Å². The van der Waals surface area contributed by atoms with Gasteiger partial charge in [0.1, 0.15) is 6.04 Å². The summed E-state index contributed by atoms with van der Waals surface area (Å²) in [5, 5.41) is 28.7. The highest BCUT2D eigenvalue weighted by Crippen LogP contribution is 2.23. The third-order valence-corrected chi connectivity index (χ3v) is 3.34. The highest BCUT2D eigenvalue weighted by Gasteiger charge is 2.30. The molecule has 0 heterocycles. The van der Waals surface area contributed by atoms with Crippen LogP contribution in [0, 0.1) is 0 Å². The number of aliphatic carboxylic acids is 2. The Morgan fingerprint density at radius 1 is 1.20 bits per heavy atom. The molecule has 0 aromatic heterocycles. The molecule has 0 radical (unpaired) electrons. The number of carbonyl (C=O) groups excluding carboxylic acids is 1. The van der Waals surface area contributed by atoms with Crippen molar-refractivity contribution in [2.24, 2.45) is 0 Å². The highest BCUT2D eigenvalue weighted by molar-refractivity contribution is 5.86. The fourth-order valence-corrected chi connectivity index (χ4v) is 2.38. The monoisotopic (exact) mass is 288 g/mol. The van der Waals surface area contributed by atoms with Gasteiger partial charge in [0.25, 0.3) is 0 Å². The maximum absolute atomic E-state index is 12.1. The lowest BCUT2D eigenvalue weighted by Gasteiger charge is -2.29. The molecule has 20 heavy (non-hydrogen) atoms. The predicted molar refractivity (Wildman–Crippen MR) is 68.3 cm³/mol. The Bertz CT molecular complexity index is 367. The van der Waals surface area contributed by atoms with E-state index in [4.69, 9.17) is 15.3 Å². The number of amides is 2. The van der Waals surface area contributed by atoms with Gasteiger partial charge in [0.05, 0.1) is 13.0 Å². The predicted octanol–water partition coefficient (Wildman–Crippen LogP) is -0.139. The topological polar surface area (TPSA) is 127 Å². The number of carbonyl (C=O) groups is 3. The summed E-state index contributed by atoms with van der Waals surface area (Å²) in [6, 6.07) is -2.14. The molecule has 1 aliphatic rings. The summed E-state index contributed by atoms with van der Waals surface area (Å²) in [5.74, 6) is -2.69. The smallest absolute Gasteiger partial charge is 0.326 e. The van der Waals surface area contributed by atoms with Crippen LogP contribution in [-0.4, -0.2) is 63.4 Å². The van der Waals surface area contributed by atoms with Crippen LogP contribution in [0.1, 0.15) is 32.1 Å². The summed E-state index contributed by atoms with van der Waals surface area (Å²) in [4.78, 5) is 35.0. The summed E-state index contributed by atoms with van der Waals surface area (Å²) >= 11 is 0. The lowest BCUT2D eigenvalue weighted by atomic mass is 10.2. The molecule has 0 saturated heterocycles. The van der Waals surface area contributed by atoms with Crippen LogP contribution < -0.4 is 5.32 Å². The van der Waals surface area contributed by atoms with E-state index in [-0.39, 0.29) is 19.2 Å². The SMILES string of the molecule is O=C(O)C[C@@H](NC(=O)N(CCO)C1CCCC1)C(=O)O. The summed E-state index contributed by atoms with van der Waals surface area (Å²) in [7, 11) is 0. The van der Waals surface area contributed by atoms with Crippen molar-refractivity contribution in [3.05, 3.63) is 0 Å². The van der Waals surface area contributed by atoms with Crippen LogP contribution in [0.4, 0.5) is 4.79 Å². The summed E-state index contributed by atoms with van der Waals surface area (Å²) in [6.07, 6.45) is 2.90. The van der Waals surface area contributed by atoms with Crippen molar-refractivity contribution in [3.63, 3.8) is 0 Å². The molecule has 2 amide bonds. The maximum Gasteiger partial charge on any atom is 0.326 e. The van der Waals surface area contributed by atoms with Gasteiger partial charge < -0.3 is 25.5 Å². The Kier molecular flexibility index (Phi) is 6.23. The number of hydrogen-bond donors (Lipinski definition) is 4. The second kappa shape index (κ2) is 7.68. The molecule has 0 aromatic rings. The first-order valence-electron chi connectivity index (χ1n) is 6.58. The first kappa shape index (κ1) is 16.2. The van der Waals surface area contributed by atoms with Gasteiger partial charge in [0.15, 0.2) is 0 Å². The van der Waals surface area contributed by atoms with Gasteiger partial charge in [-0.05, 0) is 12.8 Å². The standard InChI is InChI=1S/C12H20N2O6/c15-6-5-14(8-3-1-2-4-8)12(20)13-9(11(18)19)7-10(16)17/h8-9,15H,1-7H2,(H,13,20)(H,16,17)(H,18,19)/t9-/m1/s1. The first-order chi connectivity index (χ1) is 9.45. The molecule has 1 fully saturated rings. The van der Waals surface area contributed by atoms with Gasteiger partial charge in [0, 0.05) is 12.6 Å². The van der Waals surface area contributed by atoms with Crippen molar-refractivity contribution in [1.82, 2.24) is 10.2 Å². The number of urea groups is 1. The molecule has 8 heteroatoms. The quantitative estimate of drug-likeness (QED) is 0.516. The fourth-order valence-electron chi connectivity index (χ4n) is 2.38. The van der Waals surface area contributed by atoms with E-state index in [0.29, 0.717) is 0 Å². The second-order valence-corrected chi connectivity index (χ2v) is 4.79. The molecular weight excluding hydrogens is 268 g/mol. The number of hydrogen-bond acceptors (Lipinski definition) is 4. The zero-order chi connectivity index (χ0) is 15.1. The van der Waals surface area contributed by atoms with Crippen LogP contribution in [0.3, 0.4) is 0 Å². The number of aliphatic hydroxyl groups is 1. The third-order valence-electron chi connectivity index (χ3n) is 3.34. The van der Waals surface area contributed by atoms with Gasteiger partial charge in [-0.2, -0.15) is 0 Å². The van der Waals surface area contributed by atoms with Crippen LogP contribution in [0.5, 0.6) is 0 Å². The molecule has 1 rings (SSSR count). The Morgan fingerprint density at radius 2 is 1.80 bits per heavy atom. The molecule has 0 aliphatic heterocycles. The van der Waals surface area contributed by atoms with Gasteiger partial charge in [-0.25, -0.2) is 9.59 Å². The van der Waals surface area contributed by atoms with E-state index < -0.39 is 30.4 Å². The van der Waals surface area contributed by atoms with Gasteiger partial charge >= 0.3 is 18.0 Å². The van der Waals surface area contributed by atoms with Crippen molar-refractivity contribution in [2.45, 2.75) is 44.2 Å². The van der Waals surface area contributed by atoms with Crippen molar-refractivity contribution in [1.29, 1.82) is 0 Å². The van der Waals surface area contributed by atoms with E-state index in [2.05, 4.69) is 5.32 Å². The van der Waals surface area contributed by atoms with E-state index in [9.17, 15) is 14.4 Å². The molecule has 0 unspecified atom stereocenters. The number of rotatable bonds is 7. The van der Waals surface area contributed by atoms with Gasteiger partial charge in [-0.1, -0.05) is 12.8 Å². The lowest BCUT2D eigenvalue weighted by Crippen LogP contribution is -2.52. The number of carboxylic acids is 2. The Hall–Kier alpha value is -1.83. The minimum atomic E-state index is -1.47. The average Bonchev–Trinajstić information content (AvgIpc) is 2.87. The largest absolute Gasteiger partial charge is 0.481 e. The fraction of sp³-hybridized carbons (Fsp3) is 0.750. The molecule has 1 atom stereocenters. The van der Waals surface area contributed by atoms with E-state index >= 15 is 0 Å². The van der Waals surface area contributed by atoms with E-state index in [0.717, 1.165) is 25.7 Å². The van der Waals surface area contributed by atoms with Crippen LogP contribution in [0.2, 0.25) is 0 Å². The van der Waals surface area contributed by atoms with Crippen LogP contribution in [0.15, 0.2) is 0 Å². The average molecular weight is 288 g/mol. The van der Waals surface area contributed by atoms with Crippen LogP contribution in [-0.2, 0) is 9.59 Å². The second-order valence-electron chi connectivity index (χ2n) is 4.79. The van der Waals surface area contributed by atoms with Crippen molar-refractivity contribution in [3.8, 4) is 0 Å². The lowest BCUT2D eigenvalue weighted by molar-refractivity contribution is -0.145. The molecule has 4 N–H and O–H groups in total. The maximum atomic E-state index is 12.1. The molecular formula is C12H20N2O6. The van der Waals surface area contributed by atoms with Crippen LogP contribution >= 0.6 is 0 Å². The van der Waals surface area contributed by atoms with E-state index in [1.807, 2.05) is 0 Å². The molecule has 114 valence electrons. The number of carboxylic acid groups (broad SMARTS) is 2. The number of aliphatic hydroxyl groups excluding tert-OH is 1. The molecule has 1 saturated carbocycles. The summed E-state index contributed by atoms with van der Waals surface area (Å²) in [5.41, 5.74) is 0. The minimum Gasteiger partial charge on any atom is -0.481 e. The third kappa shape index (κ3) is 4.69. The molecule has 0 bridgehead atoms. The Balaban J connectivity index is 2.67. The van der Waals surface area contributed by atoms with E-state index in [1.54, 1.807) is 0 Å². The molecule has 1 aliphatic carbocycles. The highest BCUT2D eigenvalue weighted by atomic mass is 16.4. The minimum absolute atomic E-state index is 0.0265. The van der Waals surface area contributed by atoms with Gasteiger partial charge in [-0.3, -0.25) is 4.79 Å². The molecule has 0 spiro atoms. The normalized spacial score (nSPS) is 16.6. The Labute approximate surface area is 116 Å². The van der Waals surface area contributed by atoms with Crippen LogP contribution in [0.25, 0.3) is 0 Å². The number of nitrogens with one attached hydrogen (secondary N) is 1. The van der Waals surface area contributed by atoms with Crippen molar-refractivity contribution >= 4 is 18.0 Å².